The zero-order valence-corrected chi connectivity index (χ0v) is 8.14. The van der Waals surface area contributed by atoms with Gasteiger partial charge in [-0.3, -0.25) is 10.0 Å². The first-order chi connectivity index (χ1) is 6.59. The molecule has 0 spiro atoms. The van der Waals surface area contributed by atoms with Crippen LogP contribution in [0, 0.1) is 0 Å². The maximum atomic E-state index is 5.73. The predicted molar refractivity (Wildman–Crippen MR) is 57.4 cm³/mol. The smallest absolute Gasteiger partial charge is 0.0564 e. The van der Waals surface area contributed by atoms with Gasteiger partial charge in [0.15, 0.2) is 0 Å². The molecular formula is C9H15N5. The SMILES string of the molecule is C/C(N)=C/N(N)C1=CN=CC(N)=CC1. The third-order valence-electron chi connectivity index (χ3n) is 1.67. The molecule has 1 aliphatic heterocycles. The Labute approximate surface area is 83.2 Å². The molecule has 0 bridgehead atoms. The molecule has 0 saturated heterocycles. The number of hydrogen-bond acceptors (Lipinski definition) is 5. The lowest BCUT2D eigenvalue weighted by Gasteiger charge is -2.15. The zero-order chi connectivity index (χ0) is 10.6. The minimum atomic E-state index is 0.637. The Bertz CT molecular complexity index is 317. The van der Waals surface area contributed by atoms with E-state index in [0.29, 0.717) is 17.8 Å². The zero-order valence-electron chi connectivity index (χ0n) is 8.14. The largest absolute Gasteiger partial charge is 0.401 e. The summed E-state index contributed by atoms with van der Waals surface area (Å²) in [6.07, 6.45) is 7.38. The van der Waals surface area contributed by atoms with Crippen molar-refractivity contribution >= 4 is 6.21 Å². The van der Waals surface area contributed by atoms with Gasteiger partial charge in [-0.25, -0.2) is 5.84 Å². The molecule has 0 aliphatic carbocycles. The number of aliphatic imine (C=N–C) groups is 1. The highest BCUT2D eigenvalue weighted by atomic mass is 15.4. The Morgan fingerprint density at radius 1 is 1.64 bits per heavy atom. The van der Waals surface area contributed by atoms with Gasteiger partial charge in [-0.05, 0) is 6.92 Å². The third-order valence-corrected chi connectivity index (χ3v) is 1.67. The summed E-state index contributed by atoms with van der Waals surface area (Å²) < 4.78 is 0. The van der Waals surface area contributed by atoms with Crippen LogP contribution >= 0.6 is 0 Å². The van der Waals surface area contributed by atoms with Crippen molar-refractivity contribution in [1.82, 2.24) is 5.01 Å². The van der Waals surface area contributed by atoms with Crippen LogP contribution in [0.3, 0.4) is 0 Å². The molecule has 5 heteroatoms. The number of nitrogens with zero attached hydrogens (tertiary/aromatic N) is 2. The Balaban J connectivity index is 2.75. The summed E-state index contributed by atoms with van der Waals surface area (Å²) >= 11 is 0. The van der Waals surface area contributed by atoms with Gasteiger partial charge in [0.05, 0.1) is 5.70 Å². The van der Waals surface area contributed by atoms with E-state index in [1.165, 1.54) is 5.01 Å². The van der Waals surface area contributed by atoms with E-state index in [4.69, 9.17) is 17.3 Å². The minimum absolute atomic E-state index is 0.637. The summed E-state index contributed by atoms with van der Waals surface area (Å²) in [6, 6.07) is 0. The van der Waals surface area contributed by atoms with Crippen molar-refractivity contribution in [2.24, 2.45) is 22.3 Å². The summed E-state index contributed by atoms with van der Waals surface area (Å²) in [5, 5.41) is 1.45. The van der Waals surface area contributed by atoms with Crippen LogP contribution in [0.4, 0.5) is 0 Å². The summed E-state index contributed by atoms with van der Waals surface area (Å²) in [4.78, 5) is 3.99. The first-order valence-corrected chi connectivity index (χ1v) is 4.25. The highest BCUT2D eigenvalue weighted by molar-refractivity contribution is 5.78. The lowest BCUT2D eigenvalue weighted by atomic mass is 10.3. The standard InChI is InChI=1S/C9H15N5/c1-7(10)6-14(12)9-3-2-8(11)4-13-5-9/h2,4-6H,3,10-12H2,1H3/b7-6-. The summed E-state index contributed by atoms with van der Waals surface area (Å²) in [6.45, 7) is 1.77. The fourth-order valence-corrected chi connectivity index (χ4v) is 1.01. The van der Waals surface area contributed by atoms with Crippen LogP contribution in [0.15, 0.2) is 40.6 Å². The Morgan fingerprint density at radius 2 is 2.36 bits per heavy atom. The van der Waals surface area contributed by atoms with Gasteiger partial charge >= 0.3 is 0 Å². The van der Waals surface area contributed by atoms with Gasteiger partial charge in [-0.2, -0.15) is 0 Å². The van der Waals surface area contributed by atoms with Crippen molar-refractivity contribution in [2.45, 2.75) is 13.3 Å². The van der Waals surface area contributed by atoms with Crippen molar-refractivity contribution in [3.63, 3.8) is 0 Å². The second-order valence-corrected chi connectivity index (χ2v) is 3.09. The Hall–Kier alpha value is -1.75. The molecule has 0 aromatic rings. The molecule has 0 aromatic heterocycles. The topological polar surface area (TPSA) is 93.7 Å². The number of allylic oxidation sites excluding steroid dienone is 3. The van der Waals surface area contributed by atoms with Crippen LogP contribution in [0.5, 0.6) is 0 Å². The van der Waals surface area contributed by atoms with Crippen molar-refractivity contribution in [2.75, 3.05) is 0 Å². The predicted octanol–water partition coefficient (Wildman–Crippen LogP) is 0.141. The average molecular weight is 193 g/mol. The second kappa shape index (κ2) is 4.48. The van der Waals surface area contributed by atoms with E-state index in [-0.39, 0.29) is 0 Å². The van der Waals surface area contributed by atoms with Crippen molar-refractivity contribution in [1.29, 1.82) is 0 Å². The fraction of sp³-hybridized carbons (Fsp3) is 0.222. The Morgan fingerprint density at radius 3 is 3.00 bits per heavy atom. The fourth-order valence-electron chi connectivity index (χ4n) is 1.01. The van der Waals surface area contributed by atoms with Crippen LogP contribution in [-0.2, 0) is 0 Å². The summed E-state index contributed by atoms with van der Waals surface area (Å²) in [5.41, 5.74) is 13.2. The van der Waals surface area contributed by atoms with Crippen LogP contribution in [0.1, 0.15) is 13.3 Å². The molecule has 6 N–H and O–H groups in total. The van der Waals surface area contributed by atoms with Crippen molar-refractivity contribution < 1.29 is 0 Å². The van der Waals surface area contributed by atoms with Gasteiger partial charge in [-0.1, -0.05) is 6.08 Å². The van der Waals surface area contributed by atoms with E-state index >= 15 is 0 Å². The molecule has 0 unspecified atom stereocenters. The minimum Gasteiger partial charge on any atom is -0.401 e. The van der Waals surface area contributed by atoms with Crippen LogP contribution < -0.4 is 17.3 Å². The maximum absolute atomic E-state index is 5.73. The summed E-state index contributed by atoms with van der Waals surface area (Å²) in [5.74, 6) is 5.73. The molecule has 1 aliphatic rings. The second-order valence-electron chi connectivity index (χ2n) is 3.09. The maximum Gasteiger partial charge on any atom is 0.0564 e. The van der Waals surface area contributed by atoms with E-state index in [1.54, 1.807) is 25.5 Å². The van der Waals surface area contributed by atoms with Crippen LogP contribution in [-0.4, -0.2) is 11.2 Å². The van der Waals surface area contributed by atoms with E-state index in [0.717, 1.165) is 5.70 Å². The summed E-state index contributed by atoms with van der Waals surface area (Å²) in [7, 11) is 0. The molecule has 0 saturated carbocycles. The monoisotopic (exact) mass is 193 g/mol. The van der Waals surface area contributed by atoms with Gasteiger partial charge in [0, 0.05) is 36.4 Å². The molecule has 5 nitrogen and oxygen atoms in total. The van der Waals surface area contributed by atoms with Gasteiger partial charge in [-0.15, -0.1) is 0 Å². The first kappa shape index (κ1) is 10.3. The molecule has 0 fully saturated rings. The van der Waals surface area contributed by atoms with E-state index < -0.39 is 0 Å². The number of nitrogens with two attached hydrogens (primary N) is 3. The van der Waals surface area contributed by atoms with Gasteiger partial charge < -0.3 is 11.5 Å². The Kier molecular flexibility index (Phi) is 3.30. The molecule has 76 valence electrons. The van der Waals surface area contributed by atoms with E-state index in [1.807, 2.05) is 6.08 Å². The molecule has 0 aromatic carbocycles. The van der Waals surface area contributed by atoms with Crippen LogP contribution in [0.2, 0.25) is 0 Å². The average Bonchev–Trinajstić information content (AvgIpc) is 2.28. The third kappa shape index (κ3) is 2.95. The van der Waals surface area contributed by atoms with Gasteiger partial charge in [0.2, 0.25) is 0 Å². The van der Waals surface area contributed by atoms with Crippen LogP contribution in [0.25, 0.3) is 0 Å². The molecule has 0 atom stereocenters. The molecule has 1 heterocycles. The quantitative estimate of drug-likeness (QED) is 0.429. The molecular weight excluding hydrogens is 178 g/mol. The lowest BCUT2D eigenvalue weighted by molar-refractivity contribution is 0.476. The molecule has 0 radical (unpaired) electrons. The molecule has 0 amide bonds. The number of hydrogen-bond donors (Lipinski definition) is 3. The number of rotatable bonds is 2. The van der Waals surface area contributed by atoms with E-state index in [9.17, 15) is 0 Å². The highest BCUT2D eigenvalue weighted by Crippen LogP contribution is 2.10. The highest BCUT2D eigenvalue weighted by Gasteiger charge is 2.03. The van der Waals surface area contributed by atoms with E-state index in [2.05, 4.69) is 4.99 Å². The van der Waals surface area contributed by atoms with Gasteiger partial charge in [0.25, 0.3) is 0 Å². The lowest BCUT2D eigenvalue weighted by Crippen LogP contribution is -2.25. The van der Waals surface area contributed by atoms with Crippen molar-refractivity contribution in [3.8, 4) is 0 Å². The normalized spacial score (nSPS) is 17.1. The van der Waals surface area contributed by atoms with Crippen molar-refractivity contribution in [3.05, 3.63) is 35.6 Å². The molecule has 1 rings (SSSR count). The molecule has 14 heavy (non-hydrogen) atoms. The number of hydrazine groups is 1. The first-order valence-electron chi connectivity index (χ1n) is 4.25. The van der Waals surface area contributed by atoms with Gasteiger partial charge in [0.1, 0.15) is 0 Å².